The number of unbranched alkanes of at least 4 members (excludes halogenated alkanes) is 1. The van der Waals surface area contributed by atoms with Crippen LogP contribution in [0.2, 0.25) is 0 Å². The van der Waals surface area contributed by atoms with Gasteiger partial charge < -0.3 is 24.2 Å². The van der Waals surface area contributed by atoms with Crippen molar-refractivity contribution in [3.8, 4) is 0 Å². The normalized spacial score (nSPS) is 26.5. The number of cyclic esters (lactones) is 1. The first-order valence-electron chi connectivity index (χ1n) is 12.8. The monoisotopic (exact) mass is 450 g/mol. The van der Waals surface area contributed by atoms with Gasteiger partial charge in [-0.1, -0.05) is 12.8 Å². The van der Waals surface area contributed by atoms with E-state index in [-0.39, 0.29) is 18.2 Å². The number of piperidine rings is 1. The lowest BCUT2D eigenvalue weighted by atomic mass is 9.91. The average Bonchev–Trinajstić information content (AvgIpc) is 3.60. The van der Waals surface area contributed by atoms with Crippen molar-refractivity contribution in [3.63, 3.8) is 0 Å². The number of hydrogen-bond donors (Lipinski definition) is 0. The number of carbonyl (C=O) groups is 2. The third kappa shape index (κ3) is 7.06. The number of methoxy groups -OCH3 is 1. The molecular formula is C24H42N4O4. The smallest absolute Gasteiger partial charge is 0.410 e. The minimum Gasteiger partial charge on any atom is -0.469 e. The standard InChI is InChI=1S/C24H42N4O4/c1-31-23(29)9-11-25-14-16-26(17-15-25)18-22-19-28(24(30)32-22)10-3-2-4-20-7-12-27(13-8-20)21-5-6-21/h20-22H,2-19H2,1H3. The molecule has 182 valence electrons. The van der Waals surface area contributed by atoms with Crippen LogP contribution in [0.25, 0.3) is 0 Å². The molecule has 0 N–H and O–H groups in total. The Hall–Kier alpha value is -1.38. The van der Waals surface area contributed by atoms with Gasteiger partial charge in [-0.2, -0.15) is 0 Å². The SMILES string of the molecule is COC(=O)CCN1CCN(CC2CN(CCCCC3CCN(C4CC4)CC3)C(=O)O2)CC1. The summed E-state index contributed by atoms with van der Waals surface area (Å²) in [6, 6.07) is 0.917. The van der Waals surface area contributed by atoms with Gasteiger partial charge in [-0.25, -0.2) is 4.79 Å². The Balaban J connectivity index is 1.05. The molecule has 0 aromatic heterocycles. The van der Waals surface area contributed by atoms with Crippen LogP contribution in [0, 0.1) is 5.92 Å². The summed E-state index contributed by atoms with van der Waals surface area (Å²) in [6.07, 6.45) is 9.48. The van der Waals surface area contributed by atoms with Gasteiger partial charge in [-0.05, 0) is 51.1 Å². The lowest BCUT2D eigenvalue weighted by Crippen LogP contribution is -2.49. The minimum atomic E-state index is -0.149. The maximum atomic E-state index is 12.3. The molecule has 3 heterocycles. The van der Waals surface area contributed by atoms with Crippen molar-refractivity contribution in [2.24, 2.45) is 5.92 Å². The van der Waals surface area contributed by atoms with Crippen molar-refractivity contribution in [2.75, 3.05) is 72.6 Å². The summed E-state index contributed by atoms with van der Waals surface area (Å²) < 4.78 is 10.4. The van der Waals surface area contributed by atoms with Crippen LogP contribution < -0.4 is 0 Å². The van der Waals surface area contributed by atoms with E-state index in [0.29, 0.717) is 6.42 Å². The highest BCUT2D eigenvalue weighted by Crippen LogP contribution is 2.32. The van der Waals surface area contributed by atoms with E-state index in [1.807, 2.05) is 4.90 Å². The van der Waals surface area contributed by atoms with Crippen molar-refractivity contribution in [3.05, 3.63) is 0 Å². The molecule has 0 aromatic carbocycles. The maximum Gasteiger partial charge on any atom is 0.410 e. The quantitative estimate of drug-likeness (QED) is 0.352. The molecule has 4 rings (SSSR count). The van der Waals surface area contributed by atoms with E-state index in [0.717, 1.165) is 70.7 Å². The van der Waals surface area contributed by atoms with Crippen molar-refractivity contribution >= 4 is 12.1 Å². The lowest BCUT2D eigenvalue weighted by molar-refractivity contribution is -0.141. The molecule has 4 aliphatic rings. The van der Waals surface area contributed by atoms with Gasteiger partial charge in [0.1, 0.15) is 6.10 Å². The Morgan fingerprint density at radius 3 is 2.38 bits per heavy atom. The molecule has 1 unspecified atom stereocenters. The van der Waals surface area contributed by atoms with Gasteiger partial charge >= 0.3 is 12.1 Å². The molecule has 3 aliphatic heterocycles. The molecule has 1 saturated carbocycles. The first-order valence-corrected chi connectivity index (χ1v) is 12.8. The van der Waals surface area contributed by atoms with Crippen LogP contribution in [-0.2, 0) is 14.3 Å². The number of likely N-dealkylation sites (tertiary alicyclic amines) is 1. The van der Waals surface area contributed by atoms with Crippen LogP contribution in [0.1, 0.15) is 51.4 Å². The molecular weight excluding hydrogens is 408 g/mol. The lowest BCUT2D eigenvalue weighted by Gasteiger charge is -2.35. The average molecular weight is 451 g/mol. The second-order valence-corrected chi connectivity index (χ2v) is 10.1. The number of esters is 1. The third-order valence-electron chi connectivity index (χ3n) is 7.74. The first-order chi connectivity index (χ1) is 15.6. The highest BCUT2D eigenvalue weighted by atomic mass is 16.6. The van der Waals surface area contributed by atoms with Crippen molar-refractivity contribution in [2.45, 2.75) is 63.5 Å². The van der Waals surface area contributed by atoms with Gasteiger partial charge in [0.25, 0.3) is 0 Å². The number of nitrogens with zero attached hydrogens (tertiary/aromatic N) is 4. The van der Waals surface area contributed by atoms with Crippen LogP contribution in [0.15, 0.2) is 0 Å². The van der Waals surface area contributed by atoms with Gasteiger partial charge in [0, 0.05) is 51.9 Å². The summed E-state index contributed by atoms with van der Waals surface area (Å²) in [5, 5.41) is 0. The van der Waals surface area contributed by atoms with E-state index in [4.69, 9.17) is 9.47 Å². The predicted octanol–water partition coefficient (Wildman–Crippen LogP) is 2.03. The van der Waals surface area contributed by atoms with Gasteiger partial charge in [0.2, 0.25) is 0 Å². The van der Waals surface area contributed by atoms with Crippen LogP contribution >= 0.6 is 0 Å². The molecule has 8 heteroatoms. The van der Waals surface area contributed by atoms with E-state index >= 15 is 0 Å². The number of rotatable bonds is 11. The van der Waals surface area contributed by atoms with Gasteiger partial charge in [-0.3, -0.25) is 9.69 Å². The first kappa shape index (κ1) is 23.8. The fourth-order valence-corrected chi connectivity index (χ4v) is 5.47. The molecule has 8 nitrogen and oxygen atoms in total. The summed E-state index contributed by atoms with van der Waals surface area (Å²) in [7, 11) is 1.44. The zero-order valence-corrected chi connectivity index (χ0v) is 19.9. The number of piperazine rings is 1. The number of ether oxygens (including phenoxy) is 2. The largest absolute Gasteiger partial charge is 0.469 e. The van der Waals surface area contributed by atoms with Crippen LogP contribution in [0.4, 0.5) is 4.79 Å². The third-order valence-corrected chi connectivity index (χ3v) is 7.74. The molecule has 1 atom stereocenters. The van der Waals surface area contributed by atoms with Gasteiger partial charge in [-0.15, -0.1) is 0 Å². The van der Waals surface area contributed by atoms with E-state index in [1.165, 1.54) is 58.7 Å². The van der Waals surface area contributed by atoms with E-state index in [2.05, 4.69) is 14.7 Å². The summed E-state index contributed by atoms with van der Waals surface area (Å²) in [4.78, 5) is 32.9. The molecule has 0 bridgehead atoms. The predicted molar refractivity (Wildman–Crippen MR) is 123 cm³/mol. The second kappa shape index (κ2) is 11.7. The summed E-state index contributed by atoms with van der Waals surface area (Å²) in [6.45, 7) is 9.52. The second-order valence-electron chi connectivity index (χ2n) is 10.1. The van der Waals surface area contributed by atoms with Gasteiger partial charge in [0.05, 0.1) is 20.1 Å². The molecule has 0 aromatic rings. The Labute approximate surface area is 193 Å². The van der Waals surface area contributed by atoms with Crippen molar-refractivity contribution in [1.29, 1.82) is 0 Å². The summed E-state index contributed by atoms with van der Waals surface area (Å²) >= 11 is 0. The molecule has 3 saturated heterocycles. The van der Waals surface area contributed by atoms with Crippen LogP contribution in [0.3, 0.4) is 0 Å². The Bertz CT molecular complexity index is 613. The number of amides is 1. The van der Waals surface area contributed by atoms with Crippen LogP contribution in [0.5, 0.6) is 0 Å². The Kier molecular flexibility index (Phi) is 8.66. The zero-order valence-electron chi connectivity index (χ0n) is 19.9. The summed E-state index contributed by atoms with van der Waals surface area (Å²) in [5.74, 6) is 0.735. The van der Waals surface area contributed by atoms with Crippen molar-refractivity contribution < 1.29 is 19.1 Å². The van der Waals surface area contributed by atoms with E-state index < -0.39 is 0 Å². The minimum absolute atomic E-state index is 0.0177. The zero-order chi connectivity index (χ0) is 22.3. The van der Waals surface area contributed by atoms with Crippen molar-refractivity contribution in [1.82, 2.24) is 19.6 Å². The molecule has 4 fully saturated rings. The molecule has 32 heavy (non-hydrogen) atoms. The molecule has 0 spiro atoms. The van der Waals surface area contributed by atoms with Gasteiger partial charge in [0.15, 0.2) is 0 Å². The molecule has 0 radical (unpaired) electrons. The molecule has 1 aliphatic carbocycles. The van der Waals surface area contributed by atoms with E-state index in [1.54, 1.807) is 0 Å². The highest BCUT2D eigenvalue weighted by molar-refractivity contribution is 5.70. The fraction of sp³-hybridized carbons (Fsp3) is 0.917. The number of carbonyl (C=O) groups excluding carboxylic acids is 2. The van der Waals surface area contributed by atoms with Crippen LogP contribution in [-0.4, -0.2) is 116 Å². The Morgan fingerprint density at radius 2 is 1.69 bits per heavy atom. The topological polar surface area (TPSA) is 65.6 Å². The Morgan fingerprint density at radius 1 is 0.969 bits per heavy atom. The summed E-state index contributed by atoms with van der Waals surface area (Å²) in [5.41, 5.74) is 0. The fourth-order valence-electron chi connectivity index (χ4n) is 5.47. The highest BCUT2D eigenvalue weighted by Gasteiger charge is 2.33. The maximum absolute atomic E-state index is 12.3. The van der Waals surface area contributed by atoms with E-state index in [9.17, 15) is 9.59 Å². The number of hydrogen-bond acceptors (Lipinski definition) is 7. The molecule has 1 amide bonds.